The van der Waals surface area contributed by atoms with Crippen molar-refractivity contribution >= 4 is 17.3 Å². The van der Waals surface area contributed by atoms with Gasteiger partial charge in [0.2, 0.25) is 5.91 Å². The first kappa shape index (κ1) is 25.2. The molecule has 0 radical (unpaired) electrons. The van der Waals surface area contributed by atoms with E-state index in [9.17, 15) is 14.9 Å². The minimum Gasteiger partial charge on any atom is -0.369 e. The Hall–Kier alpha value is -2.93. The number of unbranched alkanes of at least 4 members (excludes halogenated alkanes) is 1. The summed E-state index contributed by atoms with van der Waals surface area (Å²) < 4.78 is 0. The standard InChI is InChI=1S/C28H38N4O3/c1-3-4-16-30(2)26-15-10-23(18-27(26)32(34)35)22-7-5-6-20(17-22)19-31(28(33)21-8-9-21)25-13-11-24(29)12-14-25/h5-7,10,15,17-18,21,24-25H,3-4,8-9,11-14,16,19,29H2,1-2H3. The van der Waals surface area contributed by atoms with E-state index in [2.05, 4.69) is 17.9 Å². The van der Waals surface area contributed by atoms with E-state index in [0.29, 0.717) is 12.2 Å². The van der Waals surface area contributed by atoms with Crippen LogP contribution in [0, 0.1) is 16.0 Å². The van der Waals surface area contributed by atoms with Crippen LogP contribution in [0.3, 0.4) is 0 Å². The highest BCUT2D eigenvalue weighted by molar-refractivity contribution is 5.81. The van der Waals surface area contributed by atoms with E-state index in [1.54, 1.807) is 6.07 Å². The number of carbonyl (C=O) groups excluding carboxylic acids is 1. The van der Waals surface area contributed by atoms with Crippen molar-refractivity contribution in [3.05, 3.63) is 58.1 Å². The number of amides is 1. The summed E-state index contributed by atoms with van der Waals surface area (Å²) in [5.41, 5.74) is 9.67. The van der Waals surface area contributed by atoms with Gasteiger partial charge in [0.15, 0.2) is 0 Å². The number of nitro benzene ring substituents is 1. The monoisotopic (exact) mass is 478 g/mol. The molecule has 7 heteroatoms. The first-order chi connectivity index (χ1) is 16.9. The lowest BCUT2D eigenvalue weighted by Gasteiger charge is -2.36. The van der Waals surface area contributed by atoms with Crippen molar-refractivity contribution in [1.29, 1.82) is 0 Å². The molecule has 2 N–H and O–H groups in total. The van der Waals surface area contributed by atoms with Gasteiger partial charge in [0.25, 0.3) is 5.69 Å². The third-order valence-electron chi connectivity index (χ3n) is 7.44. The SMILES string of the molecule is CCCCN(C)c1ccc(-c2cccc(CN(C(=O)C3CC3)C3CCC(N)CC3)c2)cc1[N+](=O)[O-]. The molecule has 2 aromatic rings. The van der Waals surface area contributed by atoms with Crippen LogP contribution in [-0.2, 0) is 11.3 Å². The van der Waals surface area contributed by atoms with Crippen molar-refractivity contribution < 1.29 is 9.72 Å². The third-order valence-corrected chi connectivity index (χ3v) is 7.44. The number of benzene rings is 2. The quantitative estimate of drug-likeness (QED) is 0.359. The van der Waals surface area contributed by atoms with Gasteiger partial charge in [-0.2, -0.15) is 0 Å². The van der Waals surface area contributed by atoms with Gasteiger partial charge < -0.3 is 15.5 Å². The molecule has 2 fully saturated rings. The molecule has 0 unspecified atom stereocenters. The van der Waals surface area contributed by atoms with E-state index in [-0.39, 0.29) is 34.5 Å². The van der Waals surface area contributed by atoms with Gasteiger partial charge in [0, 0.05) is 44.2 Å². The normalized spacial score (nSPS) is 19.9. The summed E-state index contributed by atoms with van der Waals surface area (Å²) >= 11 is 0. The Morgan fingerprint density at radius 2 is 1.77 bits per heavy atom. The molecule has 188 valence electrons. The van der Waals surface area contributed by atoms with Gasteiger partial charge in [-0.25, -0.2) is 0 Å². The van der Waals surface area contributed by atoms with E-state index >= 15 is 0 Å². The molecule has 4 rings (SSSR count). The van der Waals surface area contributed by atoms with E-state index < -0.39 is 0 Å². The number of rotatable bonds is 10. The van der Waals surface area contributed by atoms with Crippen molar-refractivity contribution in [2.45, 2.75) is 76.9 Å². The Morgan fingerprint density at radius 1 is 1.06 bits per heavy atom. The van der Waals surface area contributed by atoms with Crippen LogP contribution >= 0.6 is 0 Å². The van der Waals surface area contributed by atoms with Crippen LogP contribution in [-0.4, -0.2) is 41.4 Å². The third kappa shape index (κ3) is 6.20. The van der Waals surface area contributed by atoms with Crippen LogP contribution < -0.4 is 10.6 Å². The van der Waals surface area contributed by atoms with Crippen molar-refractivity contribution in [1.82, 2.24) is 4.90 Å². The number of nitrogens with zero attached hydrogens (tertiary/aromatic N) is 3. The molecule has 2 saturated carbocycles. The number of nitro groups is 1. The van der Waals surface area contributed by atoms with E-state index in [1.807, 2.05) is 42.3 Å². The number of carbonyl (C=O) groups is 1. The zero-order chi connectivity index (χ0) is 24.9. The fourth-order valence-electron chi connectivity index (χ4n) is 5.10. The highest BCUT2D eigenvalue weighted by Crippen LogP contribution is 2.36. The second kappa shape index (κ2) is 11.2. The first-order valence-electron chi connectivity index (χ1n) is 13.0. The average Bonchev–Trinajstić information content (AvgIpc) is 3.71. The minimum atomic E-state index is -0.297. The van der Waals surface area contributed by atoms with Gasteiger partial charge in [0.1, 0.15) is 5.69 Å². The second-order valence-corrected chi connectivity index (χ2v) is 10.2. The molecule has 0 saturated heterocycles. The Bertz CT molecular complexity index is 1040. The Labute approximate surface area is 208 Å². The molecule has 0 heterocycles. The number of hydrogen-bond donors (Lipinski definition) is 1. The first-order valence-corrected chi connectivity index (χ1v) is 13.0. The van der Waals surface area contributed by atoms with Gasteiger partial charge in [-0.1, -0.05) is 37.6 Å². The minimum absolute atomic E-state index is 0.121. The molecule has 7 nitrogen and oxygen atoms in total. The Morgan fingerprint density at radius 3 is 2.43 bits per heavy atom. The van der Waals surface area contributed by atoms with Gasteiger partial charge in [0.05, 0.1) is 4.92 Å². The zero-order valence-electron chi connectivity index (χ0n) is 21.0. The highest BCUT2D eigenvalue weighted by Gasteiger charge is 2.37. The Kier molecular flexibility index (Phi) is 8.06. The fraction of sp³-hybridized carbons (Fsp3) is 0.536. The molecule has 0 aliphatic heterocycles. The predicted octanol–water partition coefficient (Wildman–Crippen LogP) is 5.51. The van der Waals surface area contributed by atoms with Crippen molar-refractivity contribution in [2.24, 2.45) is 11.7 Å². The summed E-state index contributed by atoms with van der Waals surface area (Å²) in [6.07, 6.45) is 7.84. The average molecular weight is 479 g/mol. The molecule has 0 atom stereocenters. The molecule has 2 aromatic carbocycles. The molecule has 2 aliphatic rings. The van der Waals surface area contributed by atoms with Gasteiger partial charge in [-0.15, -0.1) is 0 Å². The lowest BCUT2D eigenvalue weighted by molar-refractivity contribution is -0.384. The largest absolute Gasteiger partial charge is 0.369 e. The zero-order valence-corrected chi connectivity index (χ0v) is 21.0. The molecular weight excluding hydrogens is 440 g/mol. The summed E-state index contributed by atoms with van der Waals surface area (Å²) in [6.45, 7) is 3.47. The molecule has 1 amide bonds. The maximum atomic E-state index is 13.2. The topological polar surface area (TPSA) is 92.7 Å². The van der Waals surface area contributed by atoms with Gasteiger partial charge in [-0.05, 0) is 73.8 Å². The summed E-state index contributed by atoms with van der Waals surface area (Å²) in [5, 5.41) is 11.9. The molecule has 2 aliphatic carbocycles. The van der Waals surface area contributed by atoms with Crippen LogP contribution in [0.5, 0.6) is 0 Å². The van der Waals surface area contributed by atoms with Crippen LogP contribution in [0.1, 0.15) is 63.9 Å². The lowest BCUT2D eigenvalue weighted by Crippen LogP contribution is -2.44. The lowest BCUT2D eigenvalue weighted by atomic mass is 9.90. The molecule has 0 spiro atoms. The van der Waals surface area contributed by atoms with Crippen LogP contribution in [0.4, 0.5) is 11.4 Å². The molecule has 0 bridgehead atoms. The molecule has 0 aromatic heterocycles. The van der Waals surface area contributed by atoms with E-state index in [4.69, 9.17) is 5.73 Å². The van der Waals surface area contributed by atoms with Gasteiger partial charge >= 0.3 is 0 Å². The molecule has 35 heavy (non-hydrogen) atoms. The van der Waals surface area contributed by atoms with Crippen molar-refractivity contribution in [3.63, 3.8) is 0 Å². The second-order valence-electron chi connectivity index (χ2n) is 10.2. The Balaban J connectivity index is 1.57. The summed E-state index contributed by atoms with van der Waals surface area (Å²) in [5.74, 6) is 0.444. The van der Waals surface area contributed by atoms with E-state index in [1.165, 1.54) is 0 Å². The number of hydrogen-bond acceptors (Lipinski definition) is 5. The number of anilines is 1. The summed E-state index contributed by atoms with van der Waals surface area (Å²) in [6, 6.07) is 14.0. The molecular formula is C28H38N4O3. The van der Waals surface area contributed by atoms with E-state index in [0.717, 1.165) is 74.6 Å². The maximum Gasteiger partial charge on any atom is 0.293 e. The highest BCUT2D eigenvalue weighted by atomic mass is 16.6. The maximum absolute atomic E-state index is 13.2. The van der Waals surface area contributed by atoms with Crippen molar-refractivity contribution in [2.75, 3.05) is 18.5 Å². The van der Waals surface area contributed by atoms with Gasteiger partial charge in [-0.3, -0.25) is 14.9 Å². The summed E-state index contributed by atoms with van der Waals surface area (Å²) in [4.78, 5) is 28.8. The van der Waals surface area contributed by atoms with Crippen molar-refractivity contribution in [3.8, 4) is 11.1 Å². The predicted molar refractivity (Wildman–Crippen MR) is 140 cm³/mol. The smallest absolute Gasteiger partial charge is 0.293 e. The number of nitrogens with two attached hydrogens (primary N) is 1. The van der Waals surface area contributed by atoms with Crippen LogP contribution in [0.25, 0.3) is 11.1 Å². The van der Waals surface area contributed by atoms with Crippen LogP contribution in [0.15, 0.2) is 42.5 Å². The summed E-state index contributed by atoms with van der Waals surface area (Å²) in [7, 11) is 1.90. The van der Waals surface area contributed by atoms with Crippen LogP contribution in [0.2, 0.25) is 0 Å². The fourth-order valence-corrected chi connectivity index (χ4v) is 5.10.